The number of halogens is 1. The van der Waals surface area contributed by atoms with Crippen molar-refractivity contribution in [1.29, 1.82) is 0 Å². The molecule has 8 nitrogen and oxygen atoms in total. The minimum Gasteiger partial charge on any atom is -0.393 e. The van der Waals surface area contributed by atoms with Crippen LogP contribution in [-0.4, -0.2) is 51.3 Å². The molecule has 1 aromatic heterocycles. The van der Waals surface area contributed by atoms with E-state index in [9.17, 15) is 19.4 Å². The van der Waals surface area contributed by atoms with Crippen LogP contribution in [0.3, 0.4) is 0 Å². The third-order valence-corrected chi connectivity index (χ3v) is 2.39. The normalized spacial score (nSPS) is 16.3. The predicted octanol–water partition coefficient (Wildman–Crippen LogP) is -2.39. The zero-order valence-corrected chi connectivity index (χ0v) is 9.58. The standard InChI is InChI=1S/C9H14FN3O5/c1-18-4-9(17,6(15)3-14)13-2-5(10)7(11)12-8(13)16/h2,6,14-15,17H,3-4H2,1H3,(H2,11,12,16). The van der Waals surface area contributed by atoms with E-state index in [-0.39, 0.29) is 0 Å². The highest BCUT2D eigenvalue weighted by Gasteiger charge is 2.39. The van der Waals surface area contributed by atoms with Crippen molar-refractivity contribution in [3.8, 4) is 0 Å². The molecule has 0 aliphatic carbocycles. The van der Waals surface area contributed by atoms with Crippen LogP contribution >= 0.6 is 0 Å². The van der Waals surface area contributed by atoms with E-state index in [0.29, 0.717) is 10.8 Å². The molecular weight excluding hydrogens is 249 g/mol. The molecule has 0 fully saturated rings. The Hall–Kier alpha value is -1.55. The maximum atomic E-state index is 13.3. The molecule has 18 heavy (non-hydrogen) atoms. The number of rotatable bonds is 5. The molecular formula is C9H14FN3O5. The van der Waals surface area contributed by atoms with Crippen molar-refractivity contribution in [2.24, 2.45) is 0 Å². The maximum absolute atomic E-state index is 13.3. The molecule has 1 aromatic rings. The average molecular weight is 263 g/mol. The van der Waals surface area contributed by atoms with Gasteiger partial charge in [0.25, 0.3) is 0 Å². The Labute approximate surface area is 101 Å². The largest absolute Gasteiger partial charge is 0.393 e. The number of methoxy groups -OCH3 is 1. The van der Waals surface area contributed by atoms with Gasteiger partial charge in [0.05, 0.1) is 19.4 Å². The fourth-order valence-electron chi connectivity index (χ4n) is 1.41. The summed E-state index contributed by atoms with van der Waals surface area (Å²) in [6.45, 7) is -1.42. The molecule has 5 N–H and O–H groups in total. The van der Waals surface area contributed by atoms with Crippen LogP contribution in [0, 0.1) is 5.82 Å². The lowest BCUT2D eigenvalue weighted by Crippen LogP contribution is -2.54. The average Bonchev–Trinajstić information content (AvgIpc) is 2.32. The molecule has 0 aliphatic heterocycles. The molecule has 0 aromatic carbocycles. The highest BCUT2D eigenvalue weighted by molar-refractivity contribution is 5.26. The van der Waals surface area contributed by atoms with Crippen LogP contribution in [0.1, 0.15) is 0 Å². The van der Waals surface area contributed by atoms with Crippen LogP contribution < -0.4 is 11.4 Å². The third-order valence-electron chi connectivity index (χ3n) is 2.39. The summed E-state index contributed by atoms with van der Waals surface area (Å²) in [4.78, 5) is 14.7. The smallest absolute Gasteiger partial charge is 0.352 e. The quantitative estimate of drug-likeness (QED) is 0.466. The zero-order chi connectivity index (χ0) is 13.9. The molecule has 2 unspecified atom stereocenters. The Bertz CT molecular complexity index is 480. The Morgan fingerprint density at radius 3 is 2.83 bits per heavy atom. The number of nitrogen functional groups attached to an aromatic ring is 1. The van der Waals surface area contributed by atoms with Gasteiger partial charge in [0, 0.05) is 7.11 Å². The molecule has 0 bridgehead atoms. The zero-order valence-electron chi connectivity index (χ0n) is 9.58. The molecule has 0 aliphatic rings. The van der Waals surface area contributed by atoms with Crippen molar-refractivity contribution < 1.29 is 24.4 Å². The highest BCUT2D eigenvalue weighted by Crippen LogP contribution is 2.17. The second-order valence-electron chi connectivity index (χ2n) is 3.64. The van der Waals surface area contributed by atoms with Crippen LogP contribution in [0.25, 0.3) is 0 Å². The first kappa shape index (κ1) is 14.5. The lowest BCUT2D eigenvalue weighted by Gasteiger charge is -2.32. The first-order valence-corrected chi connectivity index (χ1v) is 4.92. The maximum Gasteiger partial charge on any atom is 0.352 e. The summed E-state index contributed by atoms with van der Waals surface area (Å²) in [5.74, 6) is -1.68. The van der Waals surface area contributed by atoms with Crippen LogP contribution in [-0.2, 0) is 10.5 Å². The summed E-state index contributed by atoms with van der Waals surface area (Å²) >= 11 is 0. The van der Waals surface area contributed by atoms with E-state index in [0.717, 1.165) is 0 Å². The van der Waals surface area contributed by atoms with Crippen LogP contribution in [0.4, 0.5) is 10.2 Å². The van der Waals surface area contributed by atoms with E-state index in [2.05, 4.69) is 9.72 Å². The monoisotopic (exact) mass is 263 g/mol. The minimum atomic E-state index is -2.35. The van der Waals surface area contributed by atoms with Gasteiger partial charge in [-0.3, -0.25) is 4.57 Å². The molecule has 102 valence electrons. The lowest BCUT2D eigenvalue weighted by molar-refractivity contribution is -0.181. The van der Waals surface area contributed by atoms with Gasteiger partial charge in [0.15, 0.2) is 17.4 Å². The topological polar surface area (TPSA) is 131 Å². The number of nitrogens with two attached hydrogens (primary N) is 1. The second kappa shape index (κ2) is 5.40. The predicted molar refractivity (Wildman–Crippen MR) is 58.0 cm³/mol. The molecule has 0 saturated heterocycles. The Balaban J connectivity index is 3.39. The molecule has 0 amide bonds. The van der Waals surface area contributed by atoms with Crippen LogP contribution in [0.2, 0.25) is 0 Å². The van der Waals surface area contributed by atoms with Gasteiger partial charge in [0.2, 0.25) is 0 Å². The van der Waals surface area contributed by atoms with E-state index >= 15 is 0 Å². The van der Waals surface area contributed by atoms with Gasteiger partial charge >= 0.3 is 5.69 Å². The van der Waals surface area contributed by atoms with Crippen molar-refractivity contribution in [2.45, 2.75) is 11.8 Å². The summed E-state index contributed by atoms with van der Waals surface area (Å²) in [5.41, 5.74) is 1.66. The van der Waals surface area contributed by atoms with Gasteiger partial charge in [-0.2, -0.15) is 4.98 Å². The molecule has 2 atom stereocenters. The third kappa shape index (κ3) is 2.48. The van der Waals surface area contributed by atoms with Gasteiger partial charge in [-0.25, -0.2) is 9.18 Å². The van der Waals surface area contributed by atoms with Crippen molar-refractivity contribution >= 4 is 5.82 Å². The molecule has 1 heterocycles. The van der Waals surface area contributed by atoms with E-state index in [1.807, 2.05) is 0 Å². The Kier molecular flexibility index (Phi) is 4.35. The summed E-state index contributed by atoms with van der Waals surface area (Å²) in [5, 5.41) is 28.5. The van der Waals surface area contributed by atoms with E-state index in [1.165, 1.54) is 7.11 Å². The SMILES string of the molecule is COCC(O)(C(O)CO)n1cc(F)c(N)nc1=O. The van der Waals surface area contributed by atoms with Crippen molar-refractivity contribution in [1.82, 2.24) is 9.55 Å². The van der Waals surface area contributed by atoms with Gasteiger partial charge in [-0.15, -0.1) is 0 Å². The number of hydrogen-bond acceptors (Lipinski definition) is 7. The molecule has 0 spiro atoms. The summed E-state index contributed by atoms with van der Waals surface area (Å²) in [7, 11) is 1.20. The van der Waals surface area contributed by atoms with Gasteiger partial charge in [0.1, 0.15) is 6.10 Å². The molecule has 0 radical (unpaired) electrons. The molecule has 9 heteroatoms. The van der Waals surface area contributed by atoms with E-state index in [4.69, 9.17) is 10.8 Å². The number of nitrogens with zero attached hydrogens (tertiary/aromatic N) is 2. The van der Waals surface area contributed by atoms with E-state index < -0.39 is 42.4 Å². The fourth-order valence-corrected chi connectivity index (χ4v) is 1.41. The highest BCUT2D eigenvalue weighted by atomic mass is 19.1. The molecule has 0 saturated carbocycles. The molecule has 1 rings (SSSR count). The summed E-state index contributed by atoms with van der Waals surface area (Å²) in [6, 6.07) is 0. The summed E-state index contributed by atoms with van der Waals surface area (Å²) < 4.78 is 18.3. The Morgan fingerprint density at radius 2 is 2.33 bits per heavy atom. The lowest BCUT2D eigenvalue weighted by atomic mass is 10.1. The number of anilines is 1. The first-order valence-electron chi connectivity index (χ1n) is 4.92. The van der Waals surface area contributed by atoms with Gasteiger partial charge < -0.3 is 25.8 Å². The van der Waals surface area contributed by atoms with Gasteiger partial charge in [-0.1, -0.05) is 0 Å². The summed E-state index contributed by atoms with van der Waals surface area (Å²) in [6.07, 6.45) is -1.18. The van der Waals surface area contributed by atoms with Crippen molar-refractivity contribution in [3.05, 3.63) is 22.5 Å². The number of hydrogen-bond donors (Lipinski definition) is 4. The second-order valence-corrected chi connectivity index (χ2v) is 3.64. The minimum absolute atomic E-state index is 0.420. The van der Waals surface area contributed by atoms with Crippen molar-refractivity contribution in [3.63, 3.8) is 0 Å². The number of ether oxygens (including phenoxy) is 1. The fraction of sp³-hybridized carbons (Fsp3) is 0.556. The first-order chi connectivity index (χ1) is 8.36. The number of aromatic nitrogens is 2. The van der Waals surface area contributed by atoms with Crippen LogP contribution in [0.15, 0.2) is 11.0 Å². The van der Waals surface area contributed by atoms with E-state index in [1.54, 1.807) is 0 Å². The van der Waals surface area contributed by atoms with Crippen LogP contribution in [0.5, 0.6) is 0 Å². The van der Waals surface area contributed by atoms with Crippen molar-refractivity contribution in [2.75, 3.05) is 26.1 Å². The number of aliphatic hydroxyl groups is 3. The van der Waals surface area contributed by atoms with Gasteiger partial charge in [-0.05, 0) is 0 Å². The number of aliphatic hydroxyl groups excluding tert-OH is 2. The Morgan fingerprint density at radius 1 is 1.72 bits per heavy atom.